The number of likely N-dealkylation sites (N-methyl/N-ethyl adjacent to an activating group) is 1. The largest absolute Gasteiger partial charge is 0.495 e. The highest BCUT2D eigenvalue weighted by Gasteiger charge is 2.49. The molecule has 1 aliphatic heterocycles. The number of hydrogen-bond acceptors (Lipinski definition) is 5. The van der Waals surface area contributed by atoms with E-state index in [1.807, 2.05) is 32.2 Å². The number of fused-ring (bicyclic) bond motifs is 2. The highest BCUT2D eigenvalue weighted by molar-refractivity contribution is 6.11. The van der Waals surface area contributed by atoms with Crippen molar-refractivity contribution in [3.05, 3.63) is 29.6 Å². The molecule has 0 radical (unpaired) electrons. The van der Waals surface area contributed by atoms with Gasteiger partial charge in [-0.3, -0.25) is 9.98 Å². The van der Waals surface area contributed by atoms with Crippen LogP contribution in [0.5, 0.6) is 5.75 Å². The molecule has 6 nitrogen and oxygen atoms in total. The molecular weight excluding hydrogens is 314 g/mol. The van der Waals surface area contributed by atoms with Crippen LogP contribution in [0.15, 0.2) is 34.0 Å². The van der Waals surface area contributed by atoms with Crippen LogP contribution in [0, 0.1) is 0 Å². The van der Waals surface area contributed by atoms with Crippen LogP contribution in [0.3, 0.4) is 0 Å². The van der Waals surface area contributed by atoms with Gasteiger partial charge in [-0.1, -0.05) is 6.42 Å². The molecule has 2 N–H and O–H groups in total. The van der Waals surface area contributed by atoms with E-state index in [0.717, 1.165) is 41.5 Å². The Morgan fingerprint density at radius 1 is 1.48 bits per heavy atom. The molecule has 0 amide bonds. The fourth-order valence-electron chi connectivity index (χ4n) is 3.80. The monoisotopic (exact) mass is 341 g/mol. The lowest BCUT2D eigenvalue weighted by Gasteiger charge is -2.38. The minimum absolute atomic E-state index is 0.0598. The number of anilines is 2. The van der Waals surface area contributed by atoms with Gasteiger partial charge in [-0.05, 0) is 44.3 Å². The molecule has 0 saturated heterocycles. The Labute approximate surface area is 149 Å². The summed E-state index contributed by atoms with van der Waals surface area (Å²) in [6, 6.07) is 4.31. The van der Waals surface area contributed by atoms with Gasteiger partial charge in [0.1, 0.15) is 11.6 Å². The first-order chi connectivity index (χ1) is 12.1. The zero-order chi connectivity index (χ0) is 18.0. The molecule has 6 heteroatoms. The number of methoxy groups -OCH3 is 1. The molecule has 1 spiro atoms. The number of benzene rings is 1. The van der Waals surface area contributed by atoms with E-state index in [1.54, 1.807) is 7.11 Å². The van der Waals surface area contributed by atoms with Gasteiger partial charge in [0.25, 0.3) is 0 Å². The molecule has 1 aromatic rings. The van der Waals surface area contributed by atoms with Crippen LogP contribution in [0.25, 0.3) is 0 Å². The molecule has 25 heavy (non-hydrogen) atoms. The summed E-state index contributed by atoms with van der Waals surface area (Å²) in [6.07, 6.45) is 5.50. The minimum Gasteiger partial charge on any atom is -0.495 e. The number of ether oxygens (including phenoxy) is 1. The van der Waals surface area contributed by atoms with Gasteiger partial charge in [0.2, 0.25) is 0 Å². The van der Waals surface area contributed by atoms with Gasteiger partial charge in [-0.25, -0.2) is 0 Å². The molecule has 0 aromatic heterocycles. The third-order valence-corrected chi connectivity index (χ3v) is 5.26. The Balaban J connectivity index is 2.02. The molecule has 0 unspecified atom stereocenters. The van der Waals surface area contributed by atoms with Crippen LogP contribution < -0.4 is 20.3 Å². The van der Waals surface area contributed by atoms with Gasteiger partial charge in [0, 0.05) is 32.5 Å². The predicted molar refractivity (Wildman–Crippen MR) is 105 cm³/mol. The molecule has 1 saturated carbocycles. The topological polar surface area (TPSA) is 61.2 Å². The number of hydrogen-bond donors (Lipinski definition) is 2. The van der Waals surface area contributed by atoms with Crippen LogP contribution in [0.2, 0.25) is 0 Å². The minimum atomic E-state index is 0.0598. The van der Waals surface area contributed by atoms with Gasteiger partial charge in [-0.15, -0.1) is 0 Å². The van der Waals surface area contributed by atoms with E-state index in [4.69, 9.17) is 4.74 Å². The lowest BCUT2D eigenvalue weighted by Crippen LogP contribution is -2.41. The summed E-state index contributed by atoms with van der Waals surface area (Å²) in [5.41, 5.74) is 4.34. The highest BCUT2D eigenvalue weighted by Crippen LogP contribution is 2.53. The van der Waals surface area contributed by atoms with Crippen LogP contribution in [-0.2, 0) is 5.41 Å². The maximum atomic E-state index is 5.70. The zero-order valence-electron chi connectivity index (χ0n) is 15.5. The SMILES string of the molecule is C=N/C(=C\N(C)c1cc2c(cc1OC)C1(CCC1)C(=NC)N2)CNC. The van der Waals surface area contributed by atoms with Crippen molar-refractivity contribution in [1.82, 2.24) is 5.32 Å². The molecule has 0 bridgehead atoms. The second-order valence-electron chi connectivity index (χ2n) is 6.62. The Bertz CT molecular complexity index is 734. The molecule has 1 aromatic carbocycles. The normalized spacial score (nSPS) is 19.4. The number of nitrogens with zero attached hydrogens (tertiary/aromatic N) is 3. The standard InChI is InChI=1S/C19H27N5O/c1-20-11-13(21-2)12-24(4)16-10-15-14(9-17(16)25-5)19(7-6-8-19)18(22-3)23-15/h9-10,12,20H,2,6-8,11H2,1,3-5H3,(H,22,23)/b13-12-. The number of rotatable bonds is 6. The zero-order valence-corrected chi connectivity index (χ0v) is 15.5. The number of aliphatic imine (C=N–C) groups is 2. The van der Waals surface area contributed by atoms with Gasteiger partial charge in [0.15, 0.2) is 0 Å². The Kier molecular flexibility index (Phi) is 4.81. The molecule has 3 rings (SSSR count). The van der Waals surface area contributed by atoms with E-state index in [-0.39, 0.29) is 5.41 Å². The fourth-order valence-corrected chi connectivity index (χ4v) is 3.80. The van der Waals surface area contributed by atoms with Crippen LogP contribution >= 0.6 is 0 Å². The summed E-state index contributed by atoms with van der Waals surface area (Å²) in [6.45, 7) is 4.30. The van der Waals surface area contributed by atoms with E-state index in [0.29, 0.717) is 6.54 Å². The Hall–Kier alpha value is -2.34. The van der Waals surface area contributed by atoms with E-state index >= 15 is 0 Å². The molecule has 134 valence electrons. The van der Waals surface area contributed by atoms with Crippen LogP contribution in [0.1, 0.15) is 24.8 Å². The molecule has 1 heterocycles. The average molecular weight is 341 g/mol. The number of nitrogens with one attached hydrogen (secondary N) is 2. The van der Waals surface area contributed by atoms with Gasteiger partial charge in [0.05, 0.1) is 23.9 Å². The van der Waals surface area contributed by atoms with Crippen molar-refractivity contribution in [3.8, 4) is 5.75 Å². The van der Waals surface area contributed by atoms with Crippen LogP contribution in [0.4, 0.5) is 11.4 Å². The van der Waals surface area contributed by atoms with Crippen molar-refractivity contribution >= 4 is 23.9 Å². The van der Waals surface area contributed by atoms with Crippen molar-refractivity contribution in [2.45, 2.75) is 24.7 Å². The number of amidine groups is 1. The molecule has 1 aliphatic carbocycles. The maximum absolute atomic E-state index is 5.70. The molecule has 2 aliphatic rings. The summed E-state index contributed by atoms with van der Waals surface area (Å²) in [4.78, 5) is 10.6. The summed E-state index contributed by atoms with van der Waals surface area (Å²) in [7, 11) is 7.46. The highest BCUT2D eigenvalue weighted by atomic mass is 16.5. The van der Waals surface area contributed by atoms with Crippen molar-refractivity contribution in [2.24, 2.45) is 9.98 Å². The van der Waals surface area contributed by atoms with Gasteiger partial charge < -0.3 is 20.3 Å². The Morgan fingerprint density at radius 2 is 2.24 bits per heavy atom. The second-order valence-corrected chi connectivity index (χ2v) is 6.62. The maximum Gasteiger partial charge on any atom is 0.142 e. The first-order valence-corrected chi connectivity index (χ1v) is 8.61. The van der Waals surface area contributed by atoms with Crippen molar-refractivity contribution < 1.29 is 4.74 Å². The summed E-state index contributed by atoms with van der Waals surface area (Å²) < 4.78 is 5.70. The predicted octanol–water partition coefficient (Wildman–Crippen LogP) is 2.77. The van der Waals surface area contributed by atoms with Gasteiger partial charge in [-0.2, -0.15) is 0 Å². The third kappa shape index (κ3) is 2.80. The fraction of sp³-hybridized carbons (Fsp3) is 0.474. The first-order valence-electron chi connectivity index (χ1n) is 8.61. The smallest absolute Gasteiger partial charge is 0.142 e. The molecular formula is C19H27N5O. The van der Waals surface area contributed by atoms with E-state index in [1.165, 1.54) is 12.0 Å². The summed E-state index contributed by atoms with van der Waals surface area (Å²) in [5, 5.41) is 6.61. The summed E-state index contributed by atoms with van der Waals surface area (Å²) >= 11 is 0. The lowest BCUT2D eigenvalue weighted by atomic mass is 9.65. The second kappa shape index (κ2) is 6.88. The lowest BCUT2D eigenvalue weighted by molar-refractivity contribution is 0.344. The van der Waals surface area contributed by atoms with Crippen molar-refractivity contribution in [2.75, 3.05) is 45.0 Å². The van der Waals surface area contributed by atoms with Crippen LogP contribution in [-0.4, -0.2) is 47.4 Å². The van der Waals surface area contributed by atoms with Crippen molar-refractivity contribution in [3.63, 3.8) is 0 Å². The quantitative estimate of drug-likeness (QED) is 0.781. The van der Waals surface area contributed by atoms with Crippen molar-refractivity contribution in [1.29, 1.82) is 0 Å². The first kappa shape index (κ1) is 17.5. The van der Waals surface area contributed by atoms with E-state index in [2.05, 4.69) is 39.5 Å². The third-order valence-electron chi connectivity index (χ3n) is 5.26. The molecule has 0 atom stereocenters. The van der Waals surface area contributed by atoms with E-state index in [9.17, 15) is 0 Å². The average Bonchev–Trinajstić information content (AvgIpc) is 2.93. The van der Waals surface area contributed by atoms with E-state index < -0.39 is 0 Å². The summed E-state index contributed by atoms with van der Waals surface area (Å²) in [5.74, 6) is 1.94. The Morgan fingerprint density at radius 3 is 2.76 bits per heavy atom. The molecule has 1 fully saturated rings. The van der Waals surface area contributed by atoms with Gasteiger partial charge >= 0.3 is 0 Å².